The van der Waals surface area contributed by atoms with E-state index < -0.39 is 23.5 Å². The van der Waals surface area contributed by atoms with Crippen LogP contribution in [-0.2, 0) is 12.4 Å². The number of alkyl halides is 6. The van der Waals surface area contributed by atoms with Crippen molar-refractivity contribution in [2.24, 2.45) is 0 Å². The number of aromatic nitrogens is 3. The van der Waals surface area contributed by atoms with E-state index in [1.807, 2.05) is 108 Å². The zero-order valence-electron chi connectivity index (χ0n) is 35.8. The Morgan fingerprint density at radius 1 is 0.406 bits per heavy atom. The van der Waals surface area contributed by atoms with E-state index in [-0.39, 0.29) is 22.5 Å². The maximum Gasteiger partial charge on any atom is 0.416 e. The third-order valence-corrected chi connectivity index (χ3v) is 12.0. The summed E-state index contributed by atoms with van der Waals surface area (Å²) in [6.45, 7) is 0. The number of rotatable bonds is 7. The van der Waals surface area contributed by atoms with Gasteiger partial charge in [-0.05, 0) is 89.5 Å². The Morgan fingerprint density at radius 2 is 0.870 bits per heavy atom. The second-order valence-corrected chi connectivity index (χ2v) is 16.1. The van der Waals surface area contributed by atoms with E-state index in [1.54, 1.807) is 24.3 Å². The molecule has 0 atom stereocenters. The average Bonchev–Trinajstić information content (AvgIpc) is 3.71. The fraction of sp³-hybridized carbons (Fsp3) is 0.0351. The molecule has 2 aromatic heterocycles. The van der Waals surface area contributed by atoms with E-state index in [4.69, 9.17) is 9.97 Å². The normalized spacial score (nSPS) is 11.6. The zero-order chi connectivity index (χ0) is 48.0. The molecule has 0 radical (unpaired) electrons. The van der Waals surface area contributed by atoms with Gasteiger partial charge >= 0.3 is 12.4 Å². The summed E-state index contributed by atoms with van der Waals surface area (Å²) in [6.07, 6.45) is -9.30. The van der Waals surface area contributed by atoms with Gasteiger partial charge in [0.25, 0.3) is 0 Å². The Labute approximate surface area is 390 Å². The fourth-order valence-electron chi connectivity index (χ4n) is 8.78. The van der Waals surface area contributed by atoms with Gasteiger partial charge in [-0.2, -0.15) is 42.1 Å². The number of para-hydroxylation sites is 1. The lowest BCUT2D eigenvalue weighted by Gasteiger charge is -2.22. The van der Waals surface area contributed by atoms with Crippen LogP contribution in [0.5, 0.6) is 0 Å². The number of hydrogen-bond acceptors (Lipinski definition) is 5. The first-order chi connectivity index (χ1) is 33.3. The van der Waals surface area contributed by atoms with Crippen molar-refractivity contribution in [1.82, 2.24) is 14.5 Å². The molecule has 0 bridgehead atoms. The Kier molecular flexibility index (Phi) is 10.8. The Hall–Kier alpha value is -9.31. The predicted octanol–water partition coefficient (Wildman–Crippen LogP) is 15.2. The van der Waals surface area contributed by atoms with Gasteiger partial charge in [0.15, 0.2) is 5.82 Å². The van der Waals surface area contributed by atoms with Crippen molar-refractivity contribution in [3.8, 4) is 91.2 Å². The lowest BCUT2D eigenvalue weighted by molar-refractivity contribution is -0.138. The molecule has 10 aromatic rings. The standard InChI is InChI=1S/C57H30F6N6/c58-56(59,60)43-20-15-35(16-21-43)46-28-40(55-67-49(37-9-3-1-4-10-37)30-50(68-55)38-11-5-2-6-12-38)29-47(36-17-22-44(23-18-36)57(61,62)63)54(46)69-51-14-8-7-13-45(51)48-27-39(19-24-52(48)69)53-41(32-65)25-34(31-64)26-42(53)33-66/h1-30H. The highest BCUT2D eigenvalue weighted by Gasteiger charge is 2.32. The zero-order valence-corrected chi connectivity index (χ0v) is 35.8. The van der Waals surface area contributed by atoms with Crippen LogP contribution in [0.1, 0.15) is 27.8 Å². The van der Waals surface area contributed by atoms with Crippen molar-refractivity contribution in [2.75, 3.05) is 0 Å². The summed E-state index contributed by atoms with van der Waals surface area (Å²) in [5.74, 6) is 0.249. The van der Waals surface area contributed by atoms with Crippen LogP contribution in [0.25, 0.3) is 94.8 Å². The smallest absolute Gasteiger partial charge is 0.308 e. The number of nitrogens with zero attached hydrogens (tertiary/aromatic N) is 6. The summed E-state index contributed by atoms with van der Waals surface area (Å²) in [7, 11) is 0. The molecule has 2 heterocycles. The van der Waals surface area contributed by atoms with Crippen LogP contribution in [0.3, 0.4) is 0 Å². The minimum Gasteiger partial charge on any atom is -0.308 e. The van der Waals surface area contributed by atoms with Gasteiger partial charge in [0.1, 0.15) is 0 Å². The third kappa shape index (κ3) is 8.09. The van der Waals surface area contributed by atoms with Crippen molar-refractivity contribution in [2.45, 2.75) is 12.4 Å². The molecule has 0 saturated carbocycles. The van der Waals surface area contributed by atoms with Gasteiger partial charge in [-0.1, -0.05) is 109 Å². The van der Waals surface area contributed by atoms with Crippen molar-refractivity contribution >= 4 is 21.8 Å². The highest BCUT2D eigenvalue weighted by molar-refractivity contribution is 6.12. The van der Waals surface area contributed by atoms with Crippen LogP contribution in [0.2, 0.25) is 0 Å². The van der Waals surface area contributed by atoms with Gasteiger partial charge in [-0.15, -0.1) is 0 Å². The molecular weight excluding hydrogens is 883 g/mol. The second-order valence-electron chi connectivity index (χ2n) is 16.1. The minimum atomic E-state index is -4.65. The molecule has 330 valence electrons. The quantitative estimate of drug-likeness (QED) is 0.148. The van der Waals surface area contributed by atoms with Gasteiger partial charge < -0.3 is 4.57 Å². The lowest BCUT2D eigenvalue weighted by atomic mass is 9.91. The average molecular weight is 913 g/mol. The van der Waals surface area contributed by atoms with Crippen LogP contribution in [0, 0.1) is 34.0 Å². The van der Waals surface area contributed by atoms with E-state index in [0.29, 0.717) is 77.8 Å². The van der Waals surface area contributed by atoms with E-state index in [9.17, 15) is 42.1 Å². The number of fused-ring (bicyclic) bond motifs is 3. The number of hydrogen-bond donors (Lipinski definition) is 0. The summed E-state index contributed by atoms with van der Waals surface area (Å²) in [4.78, 5) is 10.1. The maximum atomic E-state index is 14.2. The third-order valence-electron chi connectivity index (χ3n) is 12.0. The maximum absolute atomic E-state index is 14.2. The van der Waals surface area contributed by atoms with E-state index in [2.05, 4.69) is 12.1 Å². The summed E-state index contributed by atoms with van der Waals surface area (Å²) in [6, 6.07) is 55.5. The summed E-state index contributed by atoms with van der Waals surface area (Å²) in [5, 5.41) is 31.4. The van der Waals surface area contributed by atoms with Crippen LogP contribution in [0.4, 0.5) is 26.3 Å². The highest BCUT2D eigenvalue weighted by Crippen LogP contribution is 2.46. The first-order valence-electron chi connectivity index (χ1n) is 21.3. The molecule has 0 saturated heterocycles. The molecule has 0 N–H and O–H groups in total. The van der Waals surface area contributed by atoms with E-state index >= 15 is 0 Å². The number of halogens is 6. The molecule has 8 aromatic carbocycles. The molecular formula is C57H30F6N6. The van der Waals surface area contributed by atoms with Crippen molar-refractivity contribution in [3.05, 3.63) is 210 Å². The largest absolute Gasteiger partial charge is 0.416 e. The molecule has 0 aliphatic rings. The predicted molar refractivity (Wildman–Crippen MR) is 253 cm³/mol. The van der Waals surface area contributed by atoms with Crippen molar-refractivity contribution in [3.63, 3.8) is 0 Å². The summed E-state index contributed by atoms with van der Waals surface area (Å²) >= 11 is 0. The Balaban J connectivity index is 1.32. The van der Waals surface area contributed by atoms with E-state index in [1.165, 1.54) is 36.4 Å². The summed E-state index contributed by atoms with van der Waals surface area (Å²) in [5.41, 5.74) is 5.79. The Morgan fingerprint density at radius 3 is 1.35 bits per heavy atom. The van der Waals surface area contributed by atoms with Gasteiger partial charge in [0.05, 0.1) is 74.1 Å². The van der Waals surface area contributed by atoms with Crippen LogP contribution >= 0.6 is 0 Å². The molecule has 10 rings (SSSR count). The van der Waals surface area contributed by atoms with Crippen LogP contribution in [-0.4, -0.2) is 14.5 Å². The molecule has 0 unspecified atom stereocenters. The van der Waals surface area contributed by atoms with Gasteiger partial charge in [-0.3, -0.25) is 0 Å². The SMILES string of the molecule is N#Cc1cc(C#N)c(-c2ccc3c(c2)c2ccccc2n3-c2c(-c3ccc(C(F)(F)F)cc3)cc(-c3nc(-c4ccccc4)cc(-c4ccccc4)n3)cc2-c2ccc(C(F)(F)F)cc2)c(C#N)c1. The van der Waals surface area contributed by atoms with Crippen LogP contribution < -0.4 is 0 Å². The molecule has 0 fully saturated rings. The Bertz CT molecular complexity index is 3590. The van der Waals surface area contributed by atoms with Crippen molar-refractivity contribution in [1.29, 1.82) is 15.8 Å². The second kappa shape index (κ2) is 17.2. The van der Waals surface area contributed by atoms with Crippen molar-refractivity contribution < 1.29 is 26.3 Å². The first-order valence-corrected chi connectivity index (χ1v) is 21.3. The highest BCUT2D eigenvalue weighted by atomic mass is 19.4. The van der Waals surface area contributed by atoms with Crippen LogP contribution in [0.15, 0.2) is 182 Å². The van der Waals surface area contributed by atoms with Gasteiger partial charge in [0, 0.05) is 44.2 Å². The molecule has 6 nitrogen and oxygen atoms in total. The number of benzene rings is 8. The summed E-state index contributed by atoms with van der Waals surface area (Å²) < 4.78 is 86.8. The first kappa shape index (κ1) is 43.6. The molecule has 69 heavy (non-hydrogen) atoms. The lowest BCUT2D eigenvalue weighted by Crippen LogP contribution is -2.06. The molecule has 12 heteroatoms. The van der Waals surface area contributed by atoms with Gasteiger partial charge in [0.2, 0.25) is 0 Å². The molecule has 0 amide bonds. The van der Waals surface area contributed by atoms with Gasteiger partial charge in [-0.25, -0.2) is 9.97 Å². The monoisotopic (exact) mass is 912 g/mol. The van der Waals surface area contributed by atoms with E-state index in [0.717, 1.165) is 35.4 Å². The minimum absolute atomic E-state index is 0.118. The number of nitriles is 3. The molecule has 0 aliphatic heterocycles. The fourth-order valence-corrected chi connectivity index (χ4v) is 8.78. The molecule has 0 spiro atoms. The molecule has 0 aliphatic carbocycles. The topological polar surface area (TPSA) is 102 Å².